The van der Waals surface area contributed by atoms with Gasteiger partial charge in [-0.3, -0.25) is 4.79 Å². The summed E-state index contributed by atoms with van der Waals surface area (Å²) in [6, 6.07) is 0. The van der Waals surface area contributed by atoms with Crippen molar-refractivity contribution in [2.75, 3.05) is 0 Å². The van der Waals surface area contributed by atoms with E-state index < -0.39 is 0 Å². The molecule has 0 spiro atoms. The molecule has 0 bridgehead atoms. The van der Waals surface area contributed by atoms with Crippen LogP contribution < -0.4 is 0 Å². The second-order valence-corrected chi connectivity index (χ2v) is 4.71. The molecule has 0 radical (unpaired) electrons. The zero-order chi connectivity index (χ0) is 11.1. The van der Waals surface area contributed by atoms with Crippen LogP contribution in [0.2, 0.25) is 0 Å². The van der Waals surface area contributed by atoms with E-state index >= 15 is 0 Å². The highest BCUT2D eigenvalue weighted by Gasteiger charge is 2.18. The van der Waals surface area contributed by atoms with Crippen molar-refractivity contribution < 1.29 is 4.79 Å². The Labute approximate surface area is 88.6 Å². The molecule has 0 aromatic rings. The molecule has 0 rings (SSSR count). The van der Waals surface area contributed by atoms with Crippen LogP contribution in [0.3, 0.4) is 0 Å². The molecule has 1 heteroatoms. The van der Waals surface area contributed by atoms with Gasteiger partial charge in [-0.25, -0.2) is 0 Å². The first-order chi connectivity index (χ1) is 6.47. The molecule has 0 saturated heterocycles. The molecule has 82 valence electrons. The van der Waals surface area contributed by atoms with Crippen LogP contribution in [0.4, 0.5) is 0 Å². The molecular formula is C13H24O. The summed E-state index contributed by atoms with van der Waals surface area (Å²) >= 11 is 0. The third kappa shape index (κ3) is 5.95. The minimum atomic E-state index is 0.222. The van der Waals surface area contributed by atoms with E-state index in [4.69, 9.17) is 0 Å². The summed E-state index contributed by atoms with van der Waals surface area (Å²) in [7, 11) is 0. The van der Waals surface area contributed by atoms with Gasteiger partial charge in [-0.2, -0.15) is 0 Å². The van der Waals surface area contributed by atoms with E-state index in [1.807, 2.05) is 6.92 Å². The fourth-order valence-electron chi connectivity index (χ4n) is 1.72. The van der Waals surface area contributed by atoms with Gasteiger partial charge in [0.05, 0.1) is 0 Å². The van der Waals surface area contributed by atoms with Crippen molar-refractivity contribution in [3.05, 3.63) is 12.2 Å². The molecule has 0 fully saturated rings. The zero-order valence-electron chi connectivity index (χ0n) is 10.1. The van der Waals surface area contributed by atoms with Crippen molar-refractivity contribution in [1.29, 1.82) is 0 Å². The minimum Gasteiger partial charge on any atom is -0.299 e. The Morgan fingerprint density at radius 3 is 2.21 bits per heavy atom. The number of hydrogen-bond acceptors (Lipinski definition) is 1. The Kier molecular flexibility index (Phi) is 6.52. The maximum atomic E-state index is 11.8. The average molecular weight is 196 g/mol. The van der Waals surface area contributed by atoms with E-state index in [0.29, 0.717) is 11.7 Å². The molecule has 1 nitrogen and oxygen atoms in total. The van der Waals surface area contributed by atoms with Crippen LogP contribution in [-0.4, -0.2) is 5.78 Å². The lowest BCUT2D eigenvalue weighted by Gasteiger charge is -2.16. The van der Waals surface area contributed by atoms with Crippen molar-refractivity contribution in [1.82, 2.24) is 0 Å². The number of rotatable bonds is 7. The predicted molar refractivity (Wildman–Crippen MR) is 62.3 cm³/mol. The van der Waals surface area contributed by atoms with E-state index in [0.717, 1.165) is 31.3 Å². The summed E-state index contributed by atoms with van der Waals surface area (Å²) in [6.45, 7) is 12.2. The van der Waals surface area contributed by atoms with E-state index in [1.165, 1.54) is 0 Å². The Bertz CT molecular complexity index is 191. The van der Waals surface area contributed by atoms with Gasteiger partial charge in [0.25, 0.3) is 0 Å². The first-order valence-electron chi connectivity index (χ1n) is 5.64. The molecule has 0 aromatic carbocycles. The molecule has 0 saturated carbocycles. The largest absolute Gasteiger partial charge is 0.299 e. The molecule has 1 atom stereocenters. The van der Waals surface area contributed by atoms with Crippen molar-refractivity contribution in [2.45, 2.75) is 53.4 Å². The van der Waals surface area contributed by atoms with Gasteiger partial charge in [-0.05, 0) is 25.7 Å². The average Bonchev–Trinajstić information content (AvgIpc) is 2.01. The third-order valence-electron chi connectivity index (χ3n) is 2.30. The third-order valence-corrected chi connectivity index (χ3v) is 2.30. The summed E-state index contributed by atoms with van der Waals surface area (Å²) in [5.41, 5.74) is 1.13. The topological polar surface area (TPSA) is 17.1 Å². The normalized spacial score (nSPS) is 12.9. The lowest BCUT2D eigenvalue weighted by atomic mass is 9.88. The van der Waals surface area contributed by atoms with Crippen molar-refractivity contribution in [2.24, 2.45) is 11.8 Å². The first-order valence-corrected chi connectivity index (χ1v) is 5.64. The molecule has 0 aliphatic rings. The van der Waals surface area contributed by atoms with Gasteiger partial charge in [-0.15, -0.1) is 6.58 Å². The molecule has 0 heterocycles. The van der Waals surface area contributed by atoms with Gasteiger partial charge in [0.1, 0.15) is 5.78 Å². The van der Waals surface area contributed by atoms with E-state index in [1.54, 1.807) is 0 Å². The highest BCUT2D eigenvalue weighted by atomic mass is 16.1. The van der Waals surface area contributed by atoms with E-state index in [-0.39, 0.29) is 5.92 Å². The van der Waals surface area contributed by atoms with Crippen LogP contribution in [0.1, 0.15) is 53.4 Å². The van der Waals surface area contributed by atoms with Crippen LogP contribution in [0.5, 0.6) is 0 Å². The number of ketones is 1. The number of carbonyl (C=O) groups is 1. The summed E-state index contributed by atoms with van der Waals surface area (Å²) < 4.78 is 0. The smallest absolute Gasteiger partial charge is 0.136 e. The Morgan fingerprint density at radius 2 is 1.86 bits per heavy atom. The minimum absolute atomic E-state index is 0.222. The standard InChI is InChI=1S/C13H24O/c1-6-7-12(8-10(2)3)13(14)9-11(4)5/h11-12H,2,6-9H2,1,3-5H3. The van der Waals surface area contributed by atoms with E-state index in [9.17, 15) is 4.79 Å². The fourth-order valence-corrected chi connectivity index (χ4v) is 1.72. The predicted octanol–water partition coefficient (Wildman–Crippen LogP) is 3.98. The Balaban J connectivity index is 4.17. The molecule has 0 aromatic heterocycles. The van der Waals surface area contributed by atoms with Gasteiger partial charge in [0.15, 0.2) is 0 Å². The SMILES string of the molecule is C=C(C)CC(CCC)C(=O)CC(C)C. The van der Waals surface area contributed by atoms with Gasteiger partial charge in [-0.1, -0.05) is 32.8 Å². The second-order valence-electron chi connectivity index (χ2n) is 4.71. The Morgan fingerprint density at radius 1 is 1.29 bits per heavy atom. The monoisotopic (exact) mass is 196 g/mol. The van der Waals surface area contributed by atoms with Crippen molar-refractivity contribution in [3.63, 3.8) is 0 Å². The van der Waals surface area contributed by atoms with Crippen LogP contribution in [0, 0.1) is 11.8 Å². The first kappa shape index (κ1) is 13.4. The summed E-state index contributed by atoms with van der Waals surface area (Å²) in [4.78, 5) is 11.8. The van der Waals surface area contributed by atoms with Crippen LogP contribution in [0.25, 0.3) is 0 Å². The van der Waals surface area contributed by atoms with Crippen molar-refractivity contribution >= 4 is 5.78 Å². The maximum absolute atomic E-state index is 11.8. The quantitative estimate of drug-likeness (QED) is 0.563. The van der Waals surface area contributed by atoms with Crippen LogP contribution >= 0.6 is 0 Å². The van der Waals surface area contributed by atoms with Crippen molar-refractivity contribution in [3.8, 4) is 0 Å². The molecule has 0 N–H and O–H groups in total. The lowest BCUT2D eigenvalue weighted by molar-refractivity contribution is -0.123. The number of allylic oxidation sites excluding steroid dienone is 1. The van der Waals surface area contributed by atoms with Gasteiger partial charge in [0, 0.05) is 12.3 Å². The highest BCUT2D eigenvalue weighted by molar-refractivity contribution is 5.81. The number of Topliss-reactive ketones (excluding diaryl/α,β-unsaturated/α-hetero) is 1. The molecular weight excluding hydrogens is 172 g/mol. The maximum Gasteiger partial charge on any atom is 0.136 e. The fraction of sp³-hybridized carbons (Fsp3) is 0.769. The molecule has 1 unspecified atom stereocenters. The summed E-state index contributed by atoms with van der Waals surface area (Å²) in [5.74, 6) is 1.12. The molecule has 0 amide bonds. The van der Waals surface area contributed by atoms with Crippen LogP contribution in [0.15, 0.2) is 12.2 Å². The van der Waals surface area contributed by atoms with E-state index in [2.05, 4.69) is 27.4 Å². The number of carbonyl (C=O) groups excluding carboxylic acids is 1. The van der Waals surface area contributed by atoms with Gasteiger partial charge in [0.2, 0.25) is 0 Å². The highest BCUT2D eigenvalue weighted by Crippen LogP contribution is 2.20. The second kappa shape index (κ2) is 6.80. The Hall–Kier alpha value is -0.590. The summed E-state index contributed by atoms with van der Waals surface area (Å²) in [6.07, 6.45) is 3.69. The molecule has 0 aliphatic carbocycles. The number of hydrogen-bond donors (Lipinski definition) is 0. The van der Waals surface area contributed by atoms with Crippen LogP contribution in [-0.2, 0) is 4.79 Å². The summed E-state index contributed by atoms with van der Waals surface area (Å²) in [5, 5.41) is 0. The molecule has 14 heavy (non-hydrogen) atoms. The van der Waals surface area contributed by atoms with Gasteiger partial charge < -0.3 is 0 Å². The molecule has 0 aliphatic heterocycles. The van der Waals surface area contributed by atoms with Gasteiger partial charge >= 0.3 is 0 Å². The zero-order valence-corrected chi connectivity index (χ0v) is 10.1. The lowest BCUT2D eigenvalue weighted by Crippen LogP contribution is -2.16.